The van der Waals surface area contributed by atoms with Crippen molar-refractivity contribution in [3.05, 3.63) is 83.8 Å². The number of pyridine rings is 2. The largest absolute Gasteiger partial charge is 0.351 e. The van der Waals surface area contributed by atoms with Crippen LogP contribution in [-0.2, 0) is 16.8 Å². The number of nitrogens with one attached hydrogen (secondary N) is 2. The van der Waals surface area contributed by atoms with Gasteiger partial charge in [0.15, 0.2) is 0 Å². The molecular weight excluding hydrogens is 360 g/mol. The molecule has 5 nitrogen and oxygen atoms in total. The van der Waals surface area contributed by atoms with E-state index in [1.54, 1.807) is 18.6 Å². The molecule has 2 N–H and O–H groups in total. The number of benzene rings is 1. The van der Waals surface area contributed by atoms with E-state index in [-0.39, 0.29) is 5.91 Å². The normalized spacial score (nSPS) is 14.4. The molecule has 1 fully saturated rings. The number of nitrogens with zero attached hydrogens (tertiary/aromatic N) is 2. The Bertz CT molecular complexity index is 997. The Morgan fingerprint density at radius 1 is 1.10 bits per heavy atom. The van der Waals surface area contributed by atoms with Crippen molar-refractivity contribution in [1.82, 2.24) is 15.3 Å². The summed E-state index contributed by atoms with van der Waals surface area (Å²) in [7, 11) is 0. The first kappa shape index (κ1) is 19.1. The van der Waals surface area contributed by atoms with E-state index in [4.69, 9.17) is 0 Å². The second-order valence-corrected chi connectivity index (χ2v) is 7.96. The third-order valence-electron chi connectivity index (χ3n) is 5.50. The highest BCUT2D eigenvalue weighted by atomic mass is 16.2. The fraction of sp³-hybridized carbons (Fsp3) is 0.292. The van der Waals surface area contributed by atoms with Gasteiger partial charge in [0.05, 0.1) is 5.41 Å². The topological polar surface area (TPSA) is 66.9 Å². The maximum atomic E-state index is 12.9. The molecule has 29 heavy (non-hydrogen) atoms. The standard InChI is InChI=1S/C24H26N4O/c1-17(2)19-6-3-7-21(13-19)28-22-14-20(8-12-26-22)24(9-10-24)23(29)27-16-18-5-4-11-25-15-18/h3-8,11-15,17H,9-10,16H2,1-2H3,(H,26,28)(H,27,29). The van der Waals surface area contributed by atoms with Crippen molar-refractivity contribution in [1.29, 1.82) is 0 Å². The maximum Gasteiger partial charge on any atom is 0.230 e. The van der Waals surface area contributed by atoms with E-state index in [0.29, 0.717) is 12.5 Å². The summed E-state index contributed by atoms with van der Waals surface area (Å²) < 4.78 is 0. The molecule has 0 spiro atoms. The maximum absolute atomic E-state index is 12.9. The molecule has 0 aliphatic heterocycles. The predicted molar refractivity (Wildman–Crippen MR) is 115 cm³/mol. The van der Waals surface area contributed by atoms with E-state index < -0.39 is 5.41 Å². The summed E-state index contributed by atoms with van der Waals surface area (Å²) in [6.07, 6.45) is 7.00. The summed E-state index contributed by atoms with van der Waals surface area (Å²) in [6.45, 7) is 4.85. The summed E-state index contributed by atoms with van der Waals surface area (Å²) in [4.78, 5) is 21.5. The van der Waals surface area contributed by atoms with Crippen LogP contribution in [0.5, 0.6) is 0 Å². The average Bonchev–Trinajstić information content (AvgIpc) is 3.55. The Balaban J connectivity index is 1.48. The number of carbonyl (C=O) groups excluding carboxylic acids is 1. The SMILES string of the molecule is CC(C)c1cccc(Nc2cc(C3(C(=O)NCc4cccnc4)CC3)ccn2)c1. The molecule has 2 heterocycles. The summed E-state index contributed by atoms with van der Waals surface area (Å²) in [5.74, 6) is 1.30. The first-order chi connectivity index (χ1) is 14.1. The molecule has 0 saturated heterocycles. The molecule has 3 aromatic rings. The average molecular weight is 386 g/mol. The van der Waals surface area contributed by atoms with Gasteiger partial charge in [0.25, 0.3) is 0 Å². The number of carbonyl (C=O) groups is 1. The number of anilines is 2. The summed E-state index contributed by atoms with van der Waals surface area (Å²) in [6, 6.07) is 16.2. The molecule has 1 amide bonds. The molecule has 4 rings (SSSR count). The molecule has 0 atom stereocenters. The van der Waals surface area contributed by atoms with Gasteiger partial charge < -0.3 is 10.6 Å². The molecule has 1 aliphatic carbocycles. The quantitative estimate of drug-likeness (QED) is 0.618. The summed E-state index contributed by atoms with van der Waals surface area (Å²) in [5, 5.41) is 6.45. The first-order valence-electron chi connectivity index (χ1n) is 10.1. The van der Waals surface area contributed by atoms with Crippen molar-refractivity contribution < 1.29 is 4.79 Å². The molecule has 5 heteroatoms. The molecule has 2 aromatic heterocycles. The van der Waals surface area contributed by atoms with Crippen LogP contribution in [0.4, 0.5) is 11.5 Å². The zero-order valence-corrected chi connectivity index (χ0v) is 16.9. The Kier molecular flexibility index (Phi) is 5.30. The molecule has 0 radical (unpaired) electrons. The lowest BCUT2D eigenvalue weighted by Gasteiger charge is -2.17. The van der Waals surface area contributed by atoms with Gasteiger partial charge in [-0.05, 0) is 65.8 Å². The molecule has 1 saturated carbocycles. The van der Waals surface area contributed by atoms with E-state index in [1.165, 1.54) is 5.56 Å². The van der Waals surface area contributed by atoms with Crippen LogP contribution in [0.2, 0.25) is 0 Å². The molecule has 1 aliphatic rings. The molecular formula is C24H26N4O. The van der Waals surface area contributed by atoms with Crippen molar-refractivity contribution in [2.45, 2.75) is 44.6 Å². The summed E-state index contributed by atoms with van der Waals surface area (Å²) >= 11 is 0. The first-order valence-corrected chi connectivity index (χ1v) is 10.1. The molecule has 0 unspecified atom stereocenters. The van der Waals surface area contributed by atoms with Gasteiger partial charge in [-0.15, -0.1) is 0 Å². The Labute approximate surface area is 171 Å². The van der Waals surface area contributed by atoms with Crippen LogP contribution < -0.4 is 10.6 Å². The van der Waals surface area contributed by atoms with E-state index in [2.05, 4.69) is 52.6 Å². The van der Waals surface area contributed by atoms with Gasteiger partial charge in [-0.1, -0.05) is 32.0 Å². The lowest BCUT2D eigenvalue weighted by Crippen LogP contribution is -2.34. The van der Waals surface area contributed by atoms with Crippen molar-refractivity contribution in [2.24, 2.45) is 0 Å². The fourth-order valence-electron chi connectivity index (χ4n) is 3.55. The third-order valence-corrected chi connectivity index (χ3v) is 5.50. The van der Waals surface area contributed by atoms with Gasteiger partial charge in [-0.3, -0.25) is 9.78 Å². The number of aromatic nitrogens is 2. The van der Waals surface area contributed by atoms with Crippen molar-refractivity contribution in [3.8, 4) is 0 Å². The van der Waals surface area contributed by atoms with Gasteiger partial charge in [0.1, 0.15) is 5.82 Å². The van der Waals surface area contributed by atoms with E-state index >= 15 is 0 Å². The molecule has 148 valence electrons. The van der Waals surface area contributed by atoms with E-state index in [9.17, 15) is 4.79 Å². The second-order valence-electron chi connectivity index (χ2n) is 7.96. The summed E-state index contributed by atoms with van der Waals surface area (Å²) in [5.41, 5.74) is 3.85. The Morgan fingerprint density at radius 2 is 1.97 bits per heavy atom. The highest BCUT2D eigenvalue weighted by molar-refractivity contribution is 5.91. The van der Waals surface area contributed by atoms with Crippen LogP contribution in [0, 0.1) is 0 Å². The minimum atomic E-state index is -0.443. The van der Waals surface area contributed by atoms with Crippen LogP contribution in [-0.4, -0.2) is 15.9 Å². The smallest absolute Gasteiger partial charge is 0.230 e. The third kappa shape index (κ3) is 4.29. The van der Waals surface area contributed by atoms with Crippen LogP contribution in [0.25, 0.3) is 0 Å². The lowest BCUT2D eigenvalue weighted by atomic mass is 9.95. The van der Waals surface area contributed by atoms with Crippen LogP contribution in [0.15, 0.2) is 67.1 Å². The van der Waals surface area contributed by atoms with Crippen molar-refractivity contribution in [3.63, 3.8) is 0 Å². The number of amides is 1. The van der Waals surface area contributed by atoms with Crippen LogP contribution in [0.1, 0.15) is 49.3 Å². The van der Waals surface area contributed by atoms with Crippen LogP contribution >= 0.6 is 0 Å². The second kappa shape index (κ2) is 8.03. The van der Waals surface area contributed by atoms with E-state index in [0.717, 1.165) is 35.5 Å². The van der Waals surface area contributed by atoms with Crippen molar-refractivity contribution in [2.75, 3.05) is 5.32 Å². The van der Waals surface area contributed by atoms with Gasteiger partial charge in [-0.25, -0.2) is 4.98 Å². The molecule has 0 bridgehead atoms. The monoisotopic (exact) mass is 386 g/mol. The fourth-order valence-corrected chi connectivity index (χ4v) is 3.55. The number of rotatable bonds is 7. The van der Waals surface area contributed by atoms with Crippen LogP contribution in [0.3, 0.4) is 0 Å². The van der Waals surface area contributed by atoms with Gasteiger partial charge in [0.2, 0.25) is 5.91 Å². The minimum Gasteiger partial charge on any atom is -0.351 e. The number of hydrogen-bond donors (Lipinski definition) is 2. The highest BCUT2D eigenvalue weighted by Crippen LogP contribution is 2.48. The van der Waals surface area contributed by atoms with Gasteiger partial charge in [-0.2, -0.15) is 0 Å². The Morgan fingerprint density at radius 3 is 2.69 bits per heavy atom. The van der Waals surface area contributed by atoms with E-state index in [1.807, 2.05) is 30.3 Å². The molecule has 1 aromatic carbocycles. The highest BCUT2D eigenvalue weighted by Gasteiger charge is 2.51. The zero-order chi connectivity index (χ0) is 20.3. The number of hydrogen-bond acceptors (Lipinski definition) is 4. The van der Waals surface area contributed by atoms with Gasteiger partial charge >= 0.3 is 0 Å². The zero-order valence-electron chi connectivity index (χ0n) is 16.9. The van der Waals surface area contributed by atoms with Crippen molar-refractivity contribution >= 4 is 17.4 Å². The predicted octanol–water partition coefficient (Wildman–Crippen LogP) is 4.69. The Hall–Kier alpha value is -3.21. The lowest BCUT2D eigenvalue weighted by molar-refractivity contribution is -0.123. The van der Waals surface area contributed by atoms with Gasteiger partial charge in [0, 0.05) is 30.8 Å². The minimum absolute atomic E-state index is 0.0697.